The Kier molecular flexibility index (Phi) is 4.79. The highest BCUT2D eigenvalue weighted by Crippen LogP contribution is 2.22. The Morgan fingerprint density at radius 3 is 2.46 bits per heavy atom. The number of aromatic nitrogens is 2. The van der Waals surface area contributed by atoms with Crippen LogP contribution in [0.3, 0.4) is 0 Å². The van der Waals surface area contributed by atoms with Gasteiger partial charge in [-0.3, -0.25) is 4.79 Å². The van der Waals surface area contributed by atoms with Crippen LogP contribution in [0.15, 0.2) is 83.3 Å². The van der Waals surface area contributed by atoms with Gasteiger partial charge >= 0.3 is 6.01 Å². The normalized spacial score (nSPS) is 10.5. The van der Waals surface area contributed by atoms with E-state index in [-0.39, 0.29) is 11.9 Å². The first kappa shape index (κ1) is 17.4. The van der Waals surface area contributed by atoms with E-state index < -0.39 is 5.82 Å². The average Bonchev–Trinajstić information content (AvgIpc) is 3.17. The lowest BCUT2D eigenvalue weighted by Gasteiger charge is -2.07. The minimum atomic E-state index is -0.418. The molecule has 4 rings (SSSR count). The number of halogens is 1. The summed E-state index contributed by atoms with van der Waals surface area (Å²) in [7, 11) is 0. The number of amides is 1. The van der Waals surface area contributed by atoms with E-state index in [1.807, 2.05) is 30.3 Å². The van der Waals surface area contributed by atoms with Crippen molar-refractivity contribution in [3.8, 4) is 11.5 Å². The first-order valence-electron chi connectivity index (χ1n) is 8.50. The van der Waals surface area contributed by atoms with Crippen LogP contribution in [0.2, 0.25) is 0 Å². The van der Waals surface area contributed by atoms with Gasteiger partial charge in [-0.1, -0.05) is 35.4 Å². The van der Waals surface area contributed by atoms with Gasteiger partial charge in [0.1, 0.15) is 5.82 Å². The van der Waals surface area contributed by atoms with Crippen LogP contribution in [0.5, 0.6) is 0 Å². The molecule has 0 aliphatic rings. The van der Waals surface area contributed by atoms with Gasteiger partial charge in [0.25, 0.3) is 5.91 Å². The first-order valence-corrected chi connectivity index (χ1v) is 8.50. The summed E-state index contributed by atoms with van der Waals surface area (Å²) < 4.78 is 18.9. The van der Waals surface area contributed by atoms with Gasteiger partial charge in [0.15, 0.2) is 0 Å². The van der Waals surface area contributed by atoms with E-state index in [2.05, 4.69) is 20.8 Å². The summed E-state index contributed by atoms with van der Waals surface area (Å²) in [4.78, 5) is 12.4. The van der Waals surface area contributed by atoms with E-state index in [4.69, 9.17) is 4.42 Å². The van der Waals surface area contributed by atoms with Gasteiger partial charge in [0.2, 0.25) is 5.89 Å². The Balaban J connectivity index is 1.48. The monoisotopic (exact) mass is 374 g/mol. The molecule has 0 unspecified atom stereocenters. The van der Waals surface area contributed by atoms with Gasteiger partial charge < -0.3 is 15.1 Å². The van der Waals surface area contributed by atoms with Crippen molar-refractivity contribution in [1.82, 2.24) is 10.2 Å². The predicted octanol–water partition coefficient (Wildman–Crippen LogP) is 4.87. The average molecular weight is 374 g/mol. The van der Waals surface area contributed by atoms with Crippen molar-refractivity contribution < 1.29 is 13.6 Å². The Morgan fingerprint density at radius 1 is 0.857 bits per heavy atom. The summed E-state index contributed by atoms with van der Waals surface area (Å²) in [5.41, 5.74) is 2.20. The number of carbonyl (C=O) groups is 1. The molecule has 2 N–H and O–H groups in total. The highest BCUT2D eigenvalue weighted by atomic mass is 19.1. The van der Waals surface area contributed by atoms with Gasteiger partial charge in [0, 0.05) is 22.5 Å². The largest absolute Gasteiger partial charge is 0.403 e. The van der Waals surface area contributed by atoms with Crippen LogP contribution in [0.4, 0.5) is 21.8 Å². The topological polar surface area (TPSA) is 80.0 Å². The van der Waals surface area contributed by atoms with Gasteiger partial charge in [-0.05, 0) is 48.5 Å². The van der Waals surface area contributed by atoms with Crippen molar-refractivity contribution in [3.63, 3.8) is 0 Å². The van der Waals surface area contributed by atoms with Crippen LogP contribution in [-0.4, -0.2) is 16.1 Å². The smallest absolute Gasteiger partial charge is 0.320 e. The van der Waals surface area contributed by atoms with E-state index >= 15 is 0 Å². The minimum Gasteiger partial charge on any atom is -0.403 e. The number of hydrogen-bond donors (Lipinski definition) is 2. The van der Waals surface area contributed by atoms with Crippen molar-refractivity contribution in [3.05, 3.63) is 90.2 Å². The van der Waals surface area contributed by atoms with Gasteiger partial charge in [-0.25, -0.2) is 4.39 Å². The zero-order chi connectivity index (χ0) is 19.3. The Morgan fingerprint density at radius 2 is 1.64 bits per heavy atom. The number of rotatable bonds is 5. The number of anilines is 3. The maximum absolute atomic E-state index is 13.3. The van der Waals surface area contributed by atoms with Crippen LogP contribution < -0.4 is 10.6 Å². The maximum Gasteiger partial charge on any atom is 0.320 e. The van der Waals surface area contributed by atoms with Crippen molar-refractivity contribution in [2.75, 3.05) is 10.6 Å². The van der Waals surface area contributed by atoms with Crippen LogP contribution in [0.1, 0.15) is 10.4 Å². The molecule has 1 aromatic heterocycles. The molecule has 0 aliphatic carbocycles. The molecule has 1 amide bonds. The van der Waals surface area contributed by atoms with Crippen molar-refractivity contribution in [2.24, 2.45) is 0 Å². The molecule has 1 heterocycles. The predicted molar refractivity (Wildman–Crippen MR) is 104 cm³/mol. The fourth-order valence-corrected chi connectivity index (χ4v) is 2.60. The third kappa shape index (κ3) is 4.04. The Bertz CT molecular complexity index is 1110. The van der Waals surface area contributed by atoms with Gasteiger partial charge in [-0.2, -0.15) is 0 Å². The van der Waals surface area contributed by atoms with E-state index in [0.717, 1.165) is 5.56 Å². The fourth-order valence-electron chi connectivity index (χ4n) is 2.60. The standard InChI is InChI=1S/C21H15FN4O2/c22-16-9-5-11-18(13-16)23-19(27)15-8-4-10-17(12-15)24-21-26-25-20(28-21)14-6-2-1-3-7-14/h1-13H,(H,23,27)(H,24,26). The zero-order valence-corrected chi connectivity index (χ0v) is 14.6. The molecule has 28 heavy (non-hydrogen) atoms. The highest BCUT2D eigenvalue weighted by molar-refractivity contribution is 6.04. The lowest BCUT2D eigenvalue weighted by Crippen LogP contribution is -2.12. The molecule has 0 radical (unpaired) electrons. The maximum atomic E-state index is 13.3. The fraction of sp³-hybridized carbons (Fsp3) is 0. The molecule has 0 aliphatic heterocycles. The van der Waals surface area contributed by atoms with Gasteiger partial charge in [0.05, 0.1) is 0 Å². The molecule has 0 saturated carbocycles. The third-order valence-electron chi connectivity index (χ3n) is 3.90. The highest BCUT2D eigenvalue weighted by Gasteiger charge is 2.11. The molecular formula is C21H15FN4O2. The lowest BCUT2D eigenvalue weighted by atomic mass is 10.2. The van der Waals surface area contributed by atoms with Crippen molar-refractivity contribution >= 4 is 23.3 Å². The van der Waals surface area contributed by atoms with E-state index in [1.54, 1.807) is 30.3 Å². The van der Waals surface area contributed by atoms with Crippen LogP contribution >= 0.6 is 0 Å². The molecule has 138 valence electrons. The number of nitrogens with one attached hydrogen (secondary N) is 2. The number of carbonyl (C=O) groups excluding carboxylic acids is 1. The Labute approximate surface area is 160 Å². The molecule has 0 bridgehead atoms. The summed E-state index contributed by atoms with van der Waals surface area (Å²) >= 11 is 0. The summed E-state index contributed by atoms with van der Waals surface area (Å²) in [5, 5.41) is 13.6. The summed E-state index contributed by atoms with van der Waals surface area (Å²) in [6.07, 6.45) is 0. The summed E-state index contributed by atoms with van der Waals surface area (Å²) in [5.74, 6) is -0.383. The second kappa shape index (κ2) is 7.71. The molecule has 4 aromatic rings. The number of nitrogens with zero attached hydrogens (tertiary/aromatic N) is 2. The molecule has 7 heteroatoms. The molecule has 3 aromatic carbocycles. The lowest BCUT2D eigenvalue weighted by molar-refractivity contribution is 0.102. The first-order chi connectivity index (χ1) is 13.7. The van der Waals surface area contributed by atoms with Crippen LogP contribution in [0, 0.1) is 5.82 Å². The molecule has 0 saturated heterocycles. The third-order valence-corrected chi connectivity index (χ3v) is 3.90. The van der Waals surface area contributed by atoms with E-state index in [0.29, 0.717) is 22.8 Å². The molecule has 0 spiro atoms. The quantitative estimate of drug-likeness (QED) is 0.521. The number of benzene rings is 3. The van der Waals surface area contributed by atoms with Crippen molar-refractivity contribution in [2.45, 2.75) is 0 Å². The minimum absolute atomic E-state index is 0.210. The molecule has 0 fully saturated rings. The van der Waals surface area contributed by atoms with Crippen LogP contribution in [0.25, 0.3) is 11.5 Å². The summed E-state index contributed by atoms with van der Waals surface area (Å²) in [6, 6.07) is 22.1. The Hall–Kier alpha value is -4.00. The zero-order valence-electron chi connectivity index (χ0n) is 14.6. The second-order valence-corrected chi connectivity index (χ2v) is 5.95. The molecule has 0 atom stereocenters. The van der Waals surface area contributed by atoms with E-state index in [9.17, 15) is 9.18 Å². The van der Waals surface area contributed by atoms with Gasteiger partial charge in [-0.15, -0.1) is 5.10 Å². The summed E-state index contributed by atoms with van der Waals surface area (Å²) in [6.45, 7) is 0. The van der Waals surface area contributed by atoms with E-state index in [1.165, 1.54) is 18.2 Å². The van der Waals surface area contributed by atoms with Crippen molar-refractivity contribution in [1.29, 1.82) is 0 Å². The van der Waals surface area contributed by atoms with Crippen LogP contribution in [-0.2, 0) is 0 Å². The second-order valence-electron chi connectivity index (χ2n) is 5.95. The molecular weight excluding hydrogens is 359 g/mol. The SMILES string of the molecule is O=C(Nc1cccc(F)c1)c1cccc(Nc2nnc(-c3ccccc3)o2)c1. The number of hydrogen-bond acceptors (Lipinski definition) is 5. The molecule has 6 nitrogen and oxygen atoms in total.